The molecule has 0 aromatic heterocycles. The average molecular weight is 342 g/mol. The van der Waals surface area contributed by atoms with Gasteiger partial charge in [-0.05, 0) is 43.0 Å². The van der Waals surface area contributed by atoms with Gasteiger partial charge in [0.2, 0.25) is 0 Å². The number of hydrogen-bond acceptors (Lipinski definition) is 2. The smallest absolute Gasteiger partial charge is 0.124 e. The average Bonchev–Trinajstić information content (AvgIpc) is 2.38. The van der Waals surface area contributed by atoms with Crippen molar-refractivity contribution < 1.29 is 9.50 Å². The summed E-state index contributed by atoms with van der Waals surface area (Å²) in [4.78, 5) is 2.35. The van der Waals surface area contributed by atoms with Crippen LogP contribution in [0.15, 0.2) is 22.7 Å². The second-order valence-electron chi connectivity index (χ2n) is 6.31. The van der Waals surface area contributed by atoms with Gasteiger partial charge in [0.15, 0.2) is 0 Å². The van der Waals surface area contributed by atoms with E-state index < -0.39 is 5.60 Å². The number of nitrogens with zero attached hydrogens (tertiary/aromatic N) is 1. The maximum atomic E-state index is 13.4. The number of hydrogen-bond donors (Lipinski definition) is 1. The molecule has 1 heterocycles. The van der Waals surface area contributed by atoms with Gasteiger partial charge in [-0.1, -0.05) is 28.8 Å². The van der Waals surface area contributed by atoms with Gasteiger partial charge in [-0.15, -0.1) is 0 Å². The number of piperidine rings is 1. The number of aliphatic hydroxyl groups is 1. The number of fused-ring (bicyclic) bond motifs is 1. The minimum Gasteiger partial charge on any atom is -0.390 e. The van der Waals surface area contributed by atoms with Crippen molar-refractivity contribution in [1.29, 1.82) is 0 Å². The van der Waals surface area contributed by atoms with E-state index in [2.05, 4.69) is 20.8 Å². The van der Waals surface area contributed by atoms with Crippen LogP contribution in [0.2, 0.25) is 0 Å². The van der Waals surface area contributed by atoms with Gasteiger partial charge in [0.05, 0.1) is 5.60 Å². The molecule has 1 N–H and O–H groups in total. The van der Waals surface area contributed by atoms with Gasteiger partial charge in [0.1, 0.15) is 5.82 Å². The van der Waals surface area contributed by atoms with Crippen molar-refractivity contribution in [2.45, 2.75) is 44.2 Å². The highest BCUT2D eigenvalue weighted by molar-refractivity contribution is 9.10. The van der Waals surface area contributed by atoms with Crippen LogP contribution in [0.25, 0.3) is 0 Å². The Balaban J connectivity index is 1.67. The van der Waals surface area contributed by atoms with Crippen LogP contribution in [-0.4, -0.2) is 28.7 Å². The molecule has 2 nitrogen and oxygen atoms in total. The predicted octanol–water partition coefficient (Wildman–Crippen LogP) is 3.72. The highest BCUT2D eigenvalue weighted by atomic mass is 79.9. The Morgan fingerprint density at radius 1 is 1.30 bits per heavy atom. The molecule has 0 spiro atoms. The van der Waals surface area contributed by atoms with Crippen LogP contribution in [0.1, 0.15) is 37.7 Å². The second-order valence-corrected chi connectivity index (χ2v) is 7.22. The zero-order valence-corrected chi connectivity index (χ0v) is 13.2. The highest BCUT2D eigenvalue weighted by Crippen LogP contribution is 2.40. The molecule has 3 rings (SSSR count). The standard InChI is InChI=1S/C16H21BrFNO/c17-14-7-12(8-15(18)9-14)10-19-6-5-16(20)4-2-1-3-13(16)11-19/h7-9,13,20H,1-6,10-11H2. The molecule has 2 fully saturated rings. The lowest BCUT2D eigenvalue weighted by Gasteiger charge is -2.47. The van der Waals surface area contributed by atoms with Crippen LogP contribution in [0.4, 0.5) is 4.39 Å². The first-order chi connectivity index (χ1) is 9.55. The van der Waals surface area contributed by atoms with E-state index >= 15 is 0 Å². The molecule has 1 aliphatic carbocycles. The van der Waals surface area contributed by atoms with Gasteiger partial charge in [-0.2, -0.15) is 0 Å². The fourth-order valence-electron chi connectivity index (χ4n) is 3.74. The Morgan fingerprint density at radius 3 is 2.95 bits per heavy atom. The molecule has 20 heavy (non-hydrogen) atoms. The maximum absolute atomic E-state index is 13.4. The Labute approximate surface area is 128 Å². The molecule has 110 valence electrons. The van der Waals surface area contributed by atoms with Gasteiger partial charge in [-0.3, -0.25) is 4.90 Å². The number of benzene rings is 1. The van der Waals surface area contributed by atoms with Gasteiger partial charge >= 0.3 is 0 Å². The van der Waals surface area contributed by atoms with Gasteiger partial charge in [0.25, 0.3) is 0 Å². The third-order valence-corrected chi connectivity index (χ3v) is 5.30. The fraction of sp³-hybridized carbons (Fsp3) is 0.625. The molecule has 2 aliphatic rings. The zero-order chi connectivity index (χ0) is 14.2. The molecule has 0 bridgehead atoms. The summed E-state index contributed by atoms with van der Waals surface area (Å²) in [6, 6.07) is 5.07. The SMILES string of the molecule is OC12CCCCC1CN(Cc1cc(F)cc(Br)c1)CC2. The minimum atomic E-state index is -0.433. The molecule has 2 unspecified atom stereocenters. The summed E-state index contributed by atoms with van der Waals surface area (Å²) in [6.07, 6.45) is 5.32. The molecular formula is C16H21BrFNO. The van der Waals surface area contributed by atoms with Crippen molar-refractivity contribution in [2.24, 2.45) is 5.92 Å². The Bertz CT molecular complexity index is 475. The second kappa shape index (κ2) is 5.74. The van der Waals surface area contributed by atoms with E-state index in [0.717, 1.165) is 55.4 Å². The van der Waals surface area contributed by atoms with Crippen molar-refractivity contribution in [3.8, 4) is 0 Å². The van der Waals surface area contributed by atoms with Gasteiger partial charge in [0, 0.05) is 30.0 Å². The fourth-order valence-corrected chi connectivity index (χ4v) is 4.26. The van der Waals surface area contributed by atoms with E-state index in [1.54, 1.807) is 6.07 Å². The monoisotopic (exact) mass is 341 g/mol. The topological polar surface area (TPSA) is 23.5 Å². The normalized spacial score (nSPS) is 31.1. The summed E-state index contributed by atoms with van der Waals surface area (Å²) in [6.45, 7) is 2.61. The van der Waals surface area contributed by atoms with E-state index in [4.69, 9.17) is 0 Å². The summed E-state index contributed by atoms with van der Waals surface area (Å²) in [7, 11) is 0. The Hall–Kier alpha value is -0.450. The molecule has 0 amide bonds. The van der Waals surface area contributed by atoms with Crippen LogP contribution >= 0.6 is 15.9 Å². The molecule has 1 aliphatic heterocycles. The summed E-state index contributed by atoms with van der Waals surface area (Å²) in [5.41, 5.74) is 0.565. The number of rotatable bonds is 2. The first-order valence-electron chi connectivity index (χ1n) is 7.45. The molecule has 2 atom stereocenters. The maximum Gasteiger partial charge on any atom is 0.124 e. The van der Waals surface area contributed by atoms with E-state index in [0.29, 0.717) is 5.92 Å². The molecule has 0 radical (unpaired) electrons. The third-order valence-electron chi connectivity index (χ3n) is 4.84. The molecule has 1 saturated carbocycles. The largest absolute Gasteiger partial charge is 0.390 e. The van der Waals surface area contributed by atoms with E-state index in [9.17, 15) is 9.50 Å². The van der Waals surface area contributed by atoms with Crippen molar-refractivity contribution in [3.05, 3.63) is 34.1 Å². The van der Waals surface area contributed by atoms with Crippen LogP contribution in [-0.2, 0) is 6.54 Å². The molecule has 1 aromatic rings. The van der Waals surface area contributed by atoms with Crippen LogP contribution in [0.3, 0.4) is 0 Å². The Kier molecular flexibility index (Phi) is 4.16. The summed E-state index contributed by atoms with van der Waals surface area (Å²) in [5.74, 6) is 0.197. The number of halogens is 2. The lowest BCUT2D eigenvalue weighted by molar-refractivity contribution is -0.0968. The Morgan fingerprint density at radius 2 is 2.15 bits per heavy atom. The van der Waals surface area contributed by atoms with Gasteiger partial charge in [-0.25, -0.2) is 4.39 Å². The molecule has 1 aromatic carbocycles. The van der Waals surface area contributed by atoms with Gasteiger partial charge < -0.3 is 5.11 Å². The zero-order valence-electron chi connectivity index (χ0n) is 11.6. The van der Waals surface area contributed by atoms with Crippen molar-refractivity contribution in [1.82, 2.24) is 4.90 Å². The first-order valence-corrected chi connectivity index (χ1v) is 8.24. The predicted molar refractivity (Wildman–Crippen MR) is 80.9 cm³/mol. The van der Waals surface area contributed by atoms with E-state index in [1.807, 2.05) is 6.07 Å². The van der Waals surface area contributed by atoms with Crippen LogP contribution < -0.4 is 0 Å². The first kappa shape index (κ1) is 14.5. The lowest BCUT2D eigenvalue weighted by Crippen LogP contribution is -2.52. The molecule has 1 saturated heterocycles. The molecule has 4 heteroatoms. The lowest BCUT2D eigenvalue weighted by atomic mass is 9.71. The van der Waals surface area contributed by atoms with Crippen LogP contribution in [0.5, 0.6) is 0 Å². The van der Waals surface area contributed by atoms with Crippen molar-refractivity contribution in [2.75, 3.05) is 13.1 Å². The summed E-state index contributed by atoms with van der Waals surface area (Å²) in [5, 5.41) is 10.7. The van der Waals surface area contributed by atoms with Crippen molar-refractivity contribution >= 4 is 15.9 Å². The number of likely N-dealkylation sites (tertiary alicyclic amines) is 1. The quantitative estimate of drug-likeness (QED) is 0.886. The van der Waals surface area contributed by atoms with Crippen molar-refractivity contribution in [3.63, 3.8) is 0 Å². The van der Waals surface area contributed by atoms with E-state index in [-0.39, 0.29) is 5.82 Å². The van der Waals surface area contributed by atoms with E-state index in [1.165, 1.54) is 12.5 Å². The summed E-state index contributed by atoms with van der Waals surface area (Å²) >= 11 is 3.34. The molecular weight excluding hydrogens is 321 g/mol. The summed E-state index contributed by atoms with van der Waals surface area (Å²) < 4.78 is 14.2. The van der Waals surface area contributed by atoms with Crippen LogP contribution in [0, 0.1) is 11.7 Å². The third kappa shape index (κ3) is 3.07. The highest BCUT2D eigenvalue weighted by Gasteiger charge is 2.42. The minimum absolute atomic E-state index is 0.194.